The minimum absolute atomic E-state index is 0.0111. The molecule has 2 saturated carbocycles. The first kappa shape index (κ1) is 28.8. The minimum atomic E-state index is -4.58. The van der Waals surface area contributed by atoms with Crippen LogP contribution in [0.4, 0.5) is 17.6 Å². The molecular formula is C28H31F4N5O4. The summed E-state index contributed by atoms with van der Waals surface area (Å²) < 4.78 is 66.3. The van der Waals surface area contributed by atoms with E-state index in [1.165, 1.54) is 19.5 Å². The Bertz CT molecular complexity index is 1440. The Morgan fingerprint density at radius 2 is 1.90 bits per heavy atom. The van der Waals surface area contributed by atoms with Crippen molar-refractivity contribution in [2.45, 2.75) is 63.5 Å². The van der Waals surface area contributed by atoms with Crippen LogP contribution in [0.2, 0.25) is 0 Å². The number of ether oxygens (including phenoxy) is 2. The molecule has 2 fully saturated rings. The Morgan fingerprint density at radius 1 is 1.12 bits per heavy atom. The highest BCUT2D eigenvalue weighted by atomic mass is 19.4. The molecular weight excluding hydrogens is 546 g/mol. The van der Waals surface area contributed by atoms with Crippen LogP contribution >= 0.6 is 0 Å². The summed E-state index contributed by atoms with van der Waals surface area (Å²) in [5.74, 6) is -0.271. The third kappa shape index (κ3) is 6.45. The lowest BCUT2D eigenvalue weighted by atomic mass is 9.89. The van der Waals surface area contributed by atoms with Crippen molar-refractivity contribution in [2.75, 3.05) is 20.3 Å². The molecule has 0 aliphatic heterocycles. The molecule has 3 atom stereocenters. The number of hydrogen-bond donors (Lipinski definition) is 3. The van der Waals surface area contributed by atoms with Crippen LogP contribution < -0.4 is 15.4 Å². The zero-order valence-corrected chi connectivity index (χ0v) is 22.6. The Kier molecular flexibility index (Phi) is 8.16. The van der Waals surface area contributed by atoms with E-state index in [-0.39, 0.29) is 41.1 Å². The van der Waals surface area contributed by atoms with Crippen LogP contribution in [0.3, 0.4) is 0 Å². The van der Waals surface area contributed by atoms with Crippen LogP contribution in [-0.2, 0) is 15.7 Å². The lowest BCUT2D eigenvalue weighted by molar-refractivity contribution is -0.137. The number of carbonyl (C=O) groups excluding carboxylic acids is 2. The van der Waals surface area contributed by atoms with E-state index < -0.39 is 41.8 Å². The molecule has 3 N–H and O–H groups in total. The maximum atomic E-state index is 14.8. The molecule has 13 heteroatoms. The molecule has 0 unspecified atom stereocenters. The van der Waals surface area contributed by atoms with Crippen molar-refractivity contribution in [3.63, 3.8) is 0 Å². The van der Waals surface area contributed by atoms with Crippen molar-refractivity contribution in [2.24, 2.45) is 5.92 Å². The van der Waals surface area contributed by atoms with Gasteiger partial charge >= 0.3 is 6.18 Å². The molecule has 9 nitrogen and oxygen atoms in total. The van der Waals surface area contributed by atoms with E-state index in [2.05, 4.69) is 25.6 Å². The largest absolute Gasteiger partial charge is 0.493 e. The molecule has 2 amide bonds. The highest BCUT2D eigenvalue weighted by Gasteiger charge is 2.34. The summed E-state index contributed by atoms with van der Waals surface area (Å²) in [6.45, 7) is 1.87. The number of rotatable bonds is 9. The molecule has 2 heterocycles. The van der Waals surface area contributed by atoms with Gasteiger partial charge < -0.3 is 25.1 Å². The van der Waals surface area contributed by atoms with Gasteiger partial charge in [0, 0.05) is 30.8 Å². The van der Waals surface area contributed by atoms with Crippen molar-refractivity contribution >= 4 is 22.8 Å². The average Bonchev–Trinajstić information content (AvgIpc) is 3.68. The second-order valence-electron chi connectivity index (χ2n) is 10.6. The Hall–Kier alpha value is -3.74. The van der Waals surface area contributed by atoms with Crippen LogP contribution in [0.25, 0.3) is 22.3 Å². The van der Waals surface area contributed by atoms with Gasteiger partial charge in [-0.1, -0.05) is 0 Å². The van der Waals surface area contributed by atoms with Crippen molar-refractivity contribution in [1.29, 1.82) is 0 Å². The molecule has 3 aromatic rings. The van der Waals surface area contributed by atoms with Crippen molar-refractivity contribution in [3.05, 3.63) is 41.3 Å². The fourth-order valence-electron chi connectivity index (χ4n) is 5.16. The molecule has 0 saturated heterocycles. The molecule has 1 aromatic carbocycles. The van der Waals surface area contributed by atoms with Gasteiger partial charge in [0.1, 0.15) is 36.1 Å². The number of hydrogen-bond acceptors (Lipinski definition) is 6. The number of halogens is 4. The first-order valence-electron chi connectivity index (χ1n) is 13.5. The smallest absolute Gasteiger partial charge is 0.416 e. The molecule has 41 heavy (non-hydrogen) atoms. The Morgan fingerprint density at radius 3 is 2.59 bits per heavy atom. The van der Waals surface area contributed by atoms with Gasteiger partial charge in [0.15, 0.2) is 0 Å². The van der Waals surface area contributed by atoms with Gasteiger partial charge in [-0.15, -0.1) is 0 Å². The summed E-state index contributed by atoms with van der Waals surface area (Å²) >= 11 is 0. The van der Waals surface area contributed by atoms with E-state index in [0.29, 0.717) is 36.6 Å². The number of benzene rings is 1. The van der Waals surface area contributed by atoms with E-state index in [9.17, 15) is 27.2 Å². The number of amides is 2. The zero-order valence-electron chi connectivity index (χ0n) is 22.6. The summed E-state index contributed by atoms with van der Waals surface area (Å²) in [4.78, 5) is 36.7. The van der Waals surface area contributed by atoms with Gasteiger partial charge in [0.2, 0.25) is 5.91 Å². The van der Waals surface area contributed by atoms with Crippen molar-refractivity contribution in [1.82, 2.24) is 25.6 Å². The summed E-state index contributed by atoms with van der Waals surface area (Å²) in [5, 5.41) is 5.46. The first-order chi connectivity index (χ1) is 19.5. The monoisotopic (exact) mass is 577 g/mol. The highest BCUT2D eigenvalue weighted by Crippen LogP contribution is 2.40. The van der Waals surface area contributed by atoms with Crippen LogP contribution in [0.5, 0.6) is 5.75 Å². The molecule has 2 aliphatic rings. The molecule has 0 radical (unpaired) electrons. The fraction of sp³-hybridized carbons (Fsp3) is 0.500. The Balaban J connectivity index is 1.40. The van der Waals surface area contributed by atoms with Crippen molar-refractivity contribution < 1.29 is 36.6 Å². The molecule has 0 spiro atoms. The van der Waals surface area contributed by atoms with Crippen molar-refractivity contribution in [3.8, 4) is 17.0 Å². The zero-order chi connectivity index (χ0) is 29.3. The second kappa shape index (κ2) is 11.6. The number of H-pyrrole nitrogens is 1. The predicted molar refractivity (Wildman–Crippen MR) is 141 cm³/mol. The average molecular weight is 578 g/mol. The van der Waals surface area contributed by atoms with Gasteiger partial charge in [0.25, 0.3) is 5.91 Å². The number of aromatic amines is 1. The molecule has 2 aliphatic carbocycles. The van der Waals surface area contributed by atoms with E-state index >= 15 is 0 Å². The maximum absolute atomic E-state index is 14.8. The number of aromatic nitrogens is 3. The lowest BCUT2D eigenvalue weighted by Gasteiger charge is -2.32. The minimum Gasteiger partial charge on any atom is -0.493 e. The van der Waals surface area contributed by atoms with Gasteiger partial charge in [0.05, 0.1) is 29.3 Å². The number of carbonyl (C=O) groups is 2. The third-order valence-electron chi connectivity index (χ3n) is 7.46. The van der Waals surface area contributed by atoms with E-state index in [4.69, 9.17) is 9.47 Å². The lowest BCUT2D eigenvalue weighted by Crippen LogP contribution is -2.50. The molecule has 220 valence electrons. The summed E-state index contributed by atoms with van der Waals surface area (Å²) in [5.41, 5.74) is 0.604. The summed E-state index contributed by atoms with van der Waals surface area (Å²) in [6.07, 6.45) is -1.94. The number of fused-ring (bicyclic) bond motifs is 1. The first-order valence-corrected chi connectivity index (χ1v) is 13.5. The number of methoxy groups -OCH3 is 1. The van der Waals surface area contributed by atoms with E-state index in [1.54, 1.807) is 6.92 Å². The topological polar surface area (TPSA) is 118 Å². The molecule has 0 bridgehead atoms. The van der Waals surface area contributed by atoms with Gasteiger partial charge in [-0.05, 0) is 56.7 Å². The van der Waals surface area contributed by atoms with Crippen LogP contribution in [0, 0.1) is 12.8 Å². The third-order valence-corrected chi connectivity index (χ3v) is 7.46. The van der Waals surface area contributed by atoms with Crippen LogP contribution in [0.1, 0.15) is 53.7 Å². The standard InChI is InChI=1S/C28H31F4N5O4/c1-14-23(27(39)36-17-6-7-20(19(29)10-17)37-22(38)12-40-2)25-26(35-14)24(33-13-34-25)18-9-16(28(30,31)32)5-8-21(18)41-11-15-3-4-15/h5,8-9,13,15,17,19-20,35H,3-4,6-7,10-12H2,1-2H3,(H,36,39)(H,37,38)/t17-,19+,20-/m0/s1. The highest BCUT2D eigenvalue weighted by molar-refractivity contribution is 6.09. The summed E-state index contributed by atoms with van der Waals surface area (Å²) in [6, 6.07) is 2.10. The number of nitrogens with zero attached hydrogens (tertiary/aromatic N) is 2. The molecule has 2 aromatic heterocycles. The van der Waals surface area contributed by atoms with Gasteiger partial charge in [-0.3, -0.25) is 9.59 Å². The van der Waals surface area contributed by atoms with Crippen LogP contribution in [-0.4, -0.2) is 65.3 Å². The second-order valence-corrected chi connectivity index (χ2v) is 10.6. The quantitative estimate of drug-likeness (QED) is 0.323. The van der Waals surface area contributed by atoms with E-state index in [1.807, 2.05) is 0 Å². The molecule has 5 rings (SSSR count). The van der Waals surface area contributed by atoms with Gasteiger partial charge in [-0.25, -0.2) is 14.4 Å². The SMILES string of the molecule is COCC(=O)N[C@H]1CC[C@H](NC(=O)c2c(C)[nH]c3c(-c4cc(C(F)(F)F)ccc4OCC4CC4)ncnc23)C[C@H]1F. The number of aryl methyl sites for hydroxylation is 1. The van der Waals surface area contributed by atoms with Gasteiger partial charge in [-0.2, -0.15) is 13.2 Å². The van der Waals surface area contributed by atoms with Crippen LogP contribution in [0.15, 0.2) is 24.5 Å². The fourth-order valence-corrected chi connectivity index (χ4v) is 5.16. The summed E-state index contributed by atoms with van der Waals surface area (Å²) in [7, 11) is 1.38. The number of alkyl halides is 4. The predicted octanol–water partition coefficient (Wildman–Crippen LogP) is 4.49. The number of nitrogens with one attached hydrogen (secondary N) is 3. The van der Waals surface area contributed by atoms with E-state index in [0.717, 1.165) is 25.0 Å². The Labute approximate surface area is 233 Å². The maximum Gasteiger partial charge on any atom is 0.416 e. The normalized spacial score (nSPS) is 21.1.